The van der Waals surface area contributed by atoms with Gasteiger partial charge in [-0.3, -0.25) is 0 Å². The Balaban J connectivity index is 0. The van der Waals surface area contributed by atoms with E-state index in [-0.39, 0.29) is 6.61 Å². The van der Waals surface area contributed by atoms with E-state index < -0.39 is 0 Å². The van der Waals surface area contributed by atoms with E-state index in [0.29, 0.717) is 112 Å². The van der Waals surface area contributed by atoms with Crippen molar-refractivity contribution in [2.24, 2.45) is 0 Å². The van der Waals surface area contributed by atoms with Crippen molar-refractivity contribution in [2.45, 2.75) is 213 Å². The Bertz CT molecular complexity index is 706. The highest BCUT2D eigenvalue weighted by Crippen LogP contribution is 2.13. The molecule has 0 heterocycles. The molecular weight excluding hydrogens is 825 g/mol. The Hall–Kier alpha value is -0.440. The molecule has 0 radical (unpaired) electrons. The predicted octanol–water partition coefficient (Wildman–Crippen LogP) is 12.9. The molecule has 0 saturated carbocycles. The number of aliphatic hydroxyl groups excluding tert-OH is 1. The lowest BCUT2D eigenvalue weighted by Gasteiger charge is -2.09. The van der Waals surface area contributed by atoms with Gasteiger partial charge in [-0.05, 0) is 19.3 Å². The van der Waals surface area contributed by atoms with Gasteiger partial charge in [0.25, 0.3) is 0 Å². The molecule has 0 atom stereocenters. The molecule has 0 fully saturated rings. The molecule has 0 unspecified atom stereocenters. The van der Waals surface area contributed by atoms with Crippen molar-refractivity contribution in [1.29, 1.82) is 0 Å². The van der Waals surface area contributed by atoms with Gasteiger partial charge < -0.3 is 52.5 Å². The second-order valence-corrected chi connectivity index (χ2v) is 17.4. The molecule has 0 amide bonds. The number of aliphatic hydroxyl groups is 1. The molecule has 0 aromatic carbocycles. The Morgan fingerprint density at radius 2 is 0.308 bits per heavy atom. The van der Waals surface area contributed by atoms with Crippen molar-refractivity contribution in [3.63, 3.8) is 0 Å². The van der Waals surface area contributed by atoms with Gasteiger partial charge in [0, 0.05) is 19.8 Å². The Morgan fingerprint density at radius 1 is 0.169 bits per heavy atom. The van der Waals surface area contributed by atoms with Gasteiger partial charge >= 0.3 is 0 Å². The Labute approximate surface area is 403 Å². The van der Waals surface area contributed by atoms with Crippen molar-refractivity contribution in [1.82, 2.24) is 0 Å². The Morgan fingerprint density at radius 3 is 0.492 bits per heavy atom. The fourth-order valence-electron chi connectivity index (χ4n) is 7.10. The van der Waals surface area contributed by atoms with Gasteiger partial charge in [-0.2, -0.15) is 0 Å². The molecule has 0 aromatic rings. The first-order valence-corrected chi connectivity index (χ1v) is 27.7. The van der Waals surface area contributed by atoms with E-state index in [4.69, 9.17) is 52.5 Å². The summed E-state index contributed by atoms with van der Waals surface area (Å²) in [5, 5.41) is 8.57. The largest absolute Gasteiger partial charge is 0.394 e. The van der Waals surface area contributed by atoms with E-state index in [2.05, 4.69) is 20.8 Å². The third-order valence-corrected chi connectivity index (χ3v) is 11.1. The number of ether oxygens (including phenoxy) is 10. The monoisotopic (exact) mass is 937 g/mol. The maximum absolute atomic E-state index is 8.57. The van der Waals surface area contributed by atoms with Crippen LogP contribution in [0, 0.1) is 0 Å². The minimum Gasteiger partial charge on any atom is -0.394 e. The summed E-state index contributed by atoms with van der Waals surface area (Å²) in [4.78, 5) is 0. The summed E-state index contributed by atoms with van der Waals surface area (Å²) in [5.41, 5.74) is 0. The van der Waals surface area contributed by atoms with E-state index in [1.165, 1.54) is 186 Å². The lowest BCUT2D eigenvalue weighted by molar-refractivity contribution is -0.0255. The quantitative estimate of drug-likeness (QED) is 0.0588. The van der Waals surface area contributed by atoms with E-state index in [1.807, 2.05) is 0 Å². The van der Waals surface area contributed by atoms with Gasteiger partial charge in [-0.15, -0.1) is 0 Å². The molecule has 11 nitrogen and oxygen atoms in total. The predicted molar refractivity (Wildman–Crippen MR) is 271 cm³/mol. The van der Waals surface area contributed by atoms with E-state index in [1.54, 1.807) is 0 Å². The van der Waals surface area contributed by atoms with E-state index in [0.717, 1.165) is 26.2 Å². The van der Waals surface area contributed by atoms with Crippen molar-refractivity contribution in [3.8, 4) is 0 Å². The highest BCUT2D eigenvalue weighted by Gasteiger charge is 1.99. The fraction of sp³-hybridized carbons (Fsp3) is 1.00. The topological polar surface area (TPSA) is 113 Å². The molecule has 0 saturated heterocycles. The molecule has 0 aromatic heterocycles. The highest BCUT2D eigenvalue weighted by atomic mass is 16.6. The minimum absolute atomic E-state index is 0.0325. The van der Waals surface area contributed by atoms with E-state index in [9.17, 15) is 0 Å². The van der Waals surface area contributed by atoms with Crippen LogP contribution in [0.2, 0.25) is 0 Å². The minimum atomic E-state index is 0.0325. The zero-order valence-corrected chi connectivity index (χ0v) is 43.6. The maximum atomic E-state index is 8.57. The molecule has 0 bridgehead atoms. The second-order valence-electron chi connectivity index (χ2n) is 17.4. The van der Waals surface area contributed by atoms with Crippen LogP contribution < -0.4 is 0 Å². The number of hydrogen-bond acceptors (Lipinski definition) is 11. The molecule has 65 heavy (non-hydrogen) atoms. The van der Waals surface area contributed by atoms with Crippen LogP contribution in [-0.2, 0) is 47.4 Å². The lowest BCUT2D eigenvalue weighted by Crippen LogP contribution is -2.15. The molecule has 0 spiro atoms. The van der Waals surface area contributed by atoms with Gasteiger partial charge in [0.1, 0.15) is 0 Å². The molecule has 0 aliphatic carbocycles. The van der Waals surface area contributed by atoms with Crippen LogP contribution in [-0.4, -0.2) is 144 Å². The standard InChI is InChI=1S/C30H62O10.C24H50O/c1-2-3-4-5-6-7-8-9-10-11-13-32-15-17-34-19-21-36-23-25-38-27-29-40-30-28-39-26-24-37-22-20-35-18-16-33-14-12-31;1-3-5-7-9-11-13-15-17-19-21-23-25-24-22-20-18-16-14-12-10-8-6-4-2/h31H,2-30H2,1H3;3-24H2,1-2H3. The molecule has 11 heteroatoms. The number of unbranched alkanes of at least 4 members (excludes halogenated alkanes) is 27. The lowest BCUT2D eigenvalue weighted by atomic mass is 10.1. The second kappa shape index (κ2) is 67.8. The zero-order chi connectivity index (χ0) is 47.1. The molecule has 0 aliphatic rings. The Kier molecular flexibility index (Phi) is 69.5. The first-order chi connectivity index (χ1) is 32.3. The van der Waals surface area contributed by atoms with Crippen LogP contribution in [0.5, 0.6) is 0 Å². The van der Waals surface area contributed by atoms with Crippen LogP contribution in [0.4, 0.5) is 0 Å². The summed E-state index contributed by atoms with van der Waals surface area (Å²) in [6.45, 7) is 18.7. The summed E-state index contributed by atoms with van der Waals surface area (Å²) >= 11 is 0. The molecule has 1 N–H and O–H groups in total. The first kappa shape index (κ1) is 66.6. The third-order valence-electron chi connectivity index (χ3n) is 11.1. The number of rotatable bonds is 59. The third kappa shape index (κ3) is 70.2. The van der Waals surface area contributed by atoms with Gasteiger partial charge in [0.15, 0.2) is 0 Å². The molecule has 0 aliphatic heterocycles. The summed E-state index contributed by atoms with van der Waals surface area (Å²) in [7, 11) is 0. The zero-order valence-electron chi connectivity index (χ0n) is 43.6. The average Bonchev–Trinajstić information content (AvgIpc) is 3.32. The molecule has 0 rings (SSSR count). The van der Waals surface area contributed by atoms with Gasteiger partial charge in [-0.25, -0.2) is 0 Å². The first-order valence-electron chi connectivity index (χ1n) is 27.7. The smallest absolute Gasteiger partial charge is 0.0701 e. The van der Waals surface area contributed by atoms with Crippen molar-refractivity contribution >= 4 is 0 Å². The molecular formula is C54H112O11. The van der Waals surface area contributed by atoms with Gasteiger partial charge in [0.2, 0.25) is 0 Å². The average molecular weight is 937 g/mol. The summed E-state index contributed by atoms with van der Waals surface area (Å²) in [6, 6.07) is 0. The SMILES string of the molecule is CCCCCCCCCCCCOCCCCCCCCCCCC.CCCCCCCCCCCCOCCOCCOCCOCCOCCOCCOCCOCCOCCO. The van der Waals surface area contributed by atoms with Crippen LogP contribution in [0.3, 0.4) is 0 Å². The fourth-order valence-corrected chi connectivity index (χ4v) is 7.10. The van der Waals surface area contributed by atoms with Gasteiger partial charge in [-0.1, -0.05) is 194 Å². The maximum Gasteiger partial charge on any atom is 0.0701 e. The van der Waals surface area contributed by atoms with Crippen molar-refractivity contribution < 1.29 is 52.5 Å². The van der Waals surface area contributed by atoms with Gasteiger partial charge in [0.05, 0.1) is 119 Å². The van der Waals surface area contributed by atoms with Crippen LogP contribution in [0.25, 0.3) is 0 Å². The summed E-state index contributed by atoms with van der Waals surface area (Å²) in [5.74, 6) is 0. The van der Waals surface area contributed by atoms with Crippen LogP contribution >= 0.6 is 0 Å². The number of hydrogen-bond donors (Lipinski definition) is 1. The summed E-state index contributed by atoms with van der Waals surface area (Å²) in [6.07, 6.45) is 41.6. The van der Waals surface area contributed by atoms with Crippen LogP contribution in [0.15, 0.2) is 0 Å². The normalized spacial score (nSPS) is 11.4. The van der Waals surface area contributed by atoms with Crippen LogP contribution in [0.1, 0.15) is 213 Å². The van der Waals surface area contributed by atoms with E-state index >= 15 is 0 Å². The molecule has 394 valence electrons. The summed E-state index contributed by atoms with van der Waals surface area (Å²) < 4.78 is 54.6. The van der Waals surface area contributed by atoms with Crippen molar-refractivity contribution in [3.05, 3.63) is 0 Å². The highest BCUT2D eigenvalue weighted by molar-refractivity contribution is 4.51. The van der Waals surface area contributed by atoms with Crippen molar-refractivity contribution in [2.75, 3.05) is 139 Å².